The third kappa shape index (κ3) is 3.75. The Morgan fingerprint density at radius 2 is 1.57 bits per heavy atom. The van der Waals surface area contributed by atoms with Crippen LogP contribution in [0.15, 0.2) is 52.3 Å². The minimum Gasteiger partial charge on any atom is -0.298 e. The van der Waals surface area contributed by atoms with E-state index in [0.29, 0.717) is 19.1 Å². The summed E-state index contributed by atoms with van der Waals surface area (Å²) in [6, 6.07) is 15.1. The molecular formula is C22H28N2O2S2. The van der Waals surface area contributed by atoms with Crippen molar-refractivity contribution in [2.24, 2.45) is 0 Å². The molecule has 2 aliphatic rings. The van der Waals surface area contributed by atoms with E-state index in [1.807, 2.05) is 13.0 Å². The number of sulfonamides is 1. The maximum Gasteiger partial charge on any atom is 0.220 e. The number of piperazine rings is 1. The molecule has 150 valence electrons. The second-order valence-corrected chi connectivity index (χ2v) is 11.3. The highest BCUT2D eigenvalue weighted by Crippen LogP contribution is 2.41. The van der Waals surface area contributed by atoms with E-state index in [1.165, 1.54) is 20.9 Å². The molecule has 0 bridgehead atoms. The molecule has 4 nitrogen and oxygen atoms in total. The van der Waals surface area contributed by atoms with Crippen LogP contribution in [0.2, 0.25) is 0 Å². The van der Waals surface area contributed by atoms with Gasteiger partial charge >= 0.3 is 0 Å². The molecule has 2 aliphatic heterocycles. The maximum absolute atomic E-state index is 13.2. The van der Waals surface area contributed by atoms with Crippen molar-refractivity contribution in [2.75, 3.05) is 26.2 Å². The van der Waals surface area contributed by atoms with Crippen molar-refractivity contribution in [1.82, 2.24) is 9.21 Å². The summed E-state index contributed by atoms with van der Waals surface area (Å²) >= 11 is 1.78. The fourth-order valence-corrected chi connectivity index (χ4v) is 6.70. The maximum atomic E-state index is 13.2. The predicted molar refractivity (Wildman–Crippen MR) is 115 cm³/mol. The Morgan fingerprint density at radius 3 is 2.29 bits per heavy atom. The van der Waals surface area contributed by atoms with Gasteiger partial charge in [-0.25, -0.2) is 8.42 Å². The van der Waals surface area contributed by atoms with Crippen LogP contribution in [0.1, 0.15) is 42.7 Å². The van der Waals surface area contributed by atoms with E-state index in [9.17, 15) is 8.42 Å². The Kier molecular flexibility index (Phi) is 5.58. The van der Waals surface area contributed by atoms with Gasteiger partial charge in [0.2, 0.25) is 10.0 Å². The van der Waals surface area contributed by atoms with Gasteiger partial charge in [-0.2, -0.15) is 4.31 Å². The number of hydrogen-bond donors (Lipinski definition) is 0. The van der Waals surface area contributed by atoms with Crippen molar-refractivity contribution >= 4 is 21.8 Å². The van der Waals surface area contributed by atoms with E-state index in [4.69, 9.17) is 0 Å². The second kappa shape index (κ2) is 7.82. The number of benzene rings is 2. The van der Waals surface area contributed by atoms with Crippen molar-refractivity contribution in [3.63, 3.8) is 0 Å². The van der Waals surface area contributed by atoms with Crippen molar-refractivity contribution in [1.29, 1.82) is 0 Å². The Morgan fingerprint density at radius 1 is 0.893 bits per heavy atom. The highest BCUT2D eigenvalue weighted by atomic mass is 32.2. The van der Waals surface area contributed by atoms with Gasteiger partial charge in [0.1, 0.15) is 0 Å². The zero-order valence-corrected chi connectivity index (χ0v) is 18.4. The average molecular weight is 417 g/mol. The number of fused-ring (bicyclic) bond motifs is 2. The van der Waals surface area contributed by atoms with Crippen LogP contribution in [-0.4, -0.2) is 49.8 Å². The highest BCUT2D eigenvalue weighted by molar-refractivity contribution is 7.99. The summed E-state index contributed by atoms with van der Waals surface area (Å²) in [5, 5.41) is -0.523. The molecule has 0 aromatic heterocycles. The van der Waals surface area contributed by atoms with Gasteiger partial charge in [-0.3, -0.25) is 4.90 Å². The zero-order chi connectivity index (χ0) is 19.9. The third-order valence-electron chi connectivity index (χ3n) is 5.94. The van der Waals surface area contributed by atoms with Crippen molar-refractivity contribution in [2.45, 2.75) is 48.3 Å². The lowest BCUT2D eigenvalue weighted by Gasteiger charge is -2.37. The summed E-state index contributed by atoms with van der Waals surface area (Å²) < 4.78 is 28.1. The second-order valence-electron chi connectivity index (χ2n) is 7.97. The van der Waals surface area contributed by atoms with Crippen LogP contribution in [0.25, 0.3) is 0 Å². The van der Waals surface area contributed by atoms with E-state index >= 15 is 0 Å². The molecule has 4 rings (SSSR count). The molecular weight excluding hydrogens is 388 g/mol. The Balaban J connectivity index is 1.53. The van der Waals surface area contributed by atoms with Gasteiger partial charge in [0.05, 0.1) is 5.25 Å². The lowest BCUT2D eigenvalue weighted by atomic mass is 10.0. The molecule has 0 spiro atoms. The molecule has 0 saturated carbocycles. The van der Waals surface area contributed by atoms with E-state index in [1.54, 1.807) is 16.1 Å². The molecule has 1 unspecified atom stereocenters. The lowest BCUT2D eigenvalue weighted by molar-refractivity contribution is 0.153. The summed E-state index contributed by atoms with van der Waals surface area (Å²) in [7, 11) is -3.35. The smallest absolute Gasteiger partial charge is 0.220 e. The summed E-state index contributed by atoms with van der Waals surface area (Å²) in [6.07, 6.45) is 0.867. The molecule has 28 heavy (non-hydrogen) atoms. The highest BCUT2D eigenvalue weighted by Gasteiger charge is 2.33. The van der Waals surface area contributed by atoms with Crippen LogP contribution in [-0.2, 0) is 16.4 Å². The van der Waals surface area contributed by atoms with E-state index in [0.717, 1.165) is 25.1 Å². The largest absolute Gasteiger partial charge is 0.298 e. The average Bonchev–Trinajstić information content (AvgIpc) is 2.71. The van der Waals surface area contributed by atoms with Crippen LogP contribution in [0, 0.1) is 0 Å². The van der Waals surface area contributed by atoms with Gasteiger partial charge in [-0.1, -0.05) is 42.1 Å². The molecule has 0 radical (unpaired) electrons. The molecule has 2 heterocycles. The number of rotatable bonds is 4. The molecule has 0 amide bonds. The fourth-order valence-electron chi connectivity index (χ4n) is 4.03. The van der Waals surface area contributed by atoms with Gasteiger partial charge in [0.15, 0.2) is 0 Å². The Bertz CT molecular complexity index is 964. The van der Waals surface area contributed by atoms with Crippen LogP contribution >= 0.6 is 11.8 Å². The summed E-state index contributed by atoms with van der Waals surface area (Å²) in [5.74, 6) is 0. The third-order valence-corrected chi connectivity index (χ3v) is 9.42. The fraction of sp³-hybridized carbons (Fsp3) is 0.455. The summed E-state index contributed by atoms with van der Waals surface area (Å²) in [6.45, 7) is 8.93. The number of nitrogens with zero attached hydrogens (tertiary/aromatic N) is 2. The van der Waals surface area contributed by atoms with E-state index in [-0.39, 0.29) is 0 Å². The van der Waals surface area contributed by atoms with Crippen LogP contribution in [0.4, 0.5) is 0 Å². The molecule has 1 fully saturated rings. The van der Waals surface area contributed by atoms with Crippen molar-refractivity contribution in [3.05, 3.63) is 59.2 Å². The van der Waals surface area contributed by atoms with Gasteiger partial charge in [-0.05, 0) is 56.0 Å². The molecule has 2 aromatic rings. The Hall–Kier alpha value is -1.34. The monoisotopic (exact) mass is 416 g/mol. The van der Waals surface area contributed by atoms with Gasteiger partial charge in [0.25, 0.3) is 0 Å². The van der Waals surface area contributed by atoms with E-state index in [2.05, 4.69) is 55.1 Å². The first-order chi connectivity index (χ1) is 13.4. The van der Waals surface area contributed by atoms with Crippen LogP contribution in [0.5, 0.6) is 0 Å². The first-order valence-corrected chi connectivity index (χ1v) is 12.3. The Labute approximate surface area is 173 Å². The quantitative estimate of drug-likeness (QED) is 0.640. The lowest BCUT2D eigenvalue weighted by Crippen LogP contribution is -2.51. The van der Waals surface area contributed by atoms with Gasteiger partial charge in [0, 0.05) is 42.0 Å². The topological polar surface area (TPSA) is 40.6 Å². The van der Waals surface area contributed by atoms with Crippen LogP contribution in [0.3, 0.4) is 0 Å². The molecule has 0 aliphatic carbocycles. The van der Waals surface area contributed by atoms with Crippen LogP contribution < -0.4 is 0 Å². The summed E-state index contributed by atoms with van der Waals surface area (Å²) in [4.78, 5) is 4.87. The molecule has 1 saturated heterocycles. The summed E-state index contributed by atoms with van der Waals surface area (Å²) in [5.41, 5.74) is 3.44. The minimum atomic E-state index is -3.35. The first-order valence-electron chi connectivity index (χ1n) is 9.98. The van der Waals surface area contributed by atoms with E-state index < -0.39 is 15.3 Å². The standard InChI is InChI=1S/C22H28N2O2S2/c1-16(2)23-10-12-24(13-11-23)28(25,26)17(3)18-8-9-22-20(14-18)15-19-6-4-5-7-21(19)27-22/h4-9,14,16-17H,10-13,15H2,1-3H3. The number of hydrogen-bond acceptors (Lipinski definition) is 4. The minimum absolute atomic E-state index is 0.461. The predicted octanol–water partition coefficient (Wildman–Crippen LogP) is 4.16. The van der Waals surface area contributed by atoms with Gasteiger partial charge < -0.3 is 0 Å². The van der Waals surface area contributed by atoms with Gasteiger partial charge in [-0.15, -0.1) is 0 Å². The van der Waals surface area contributed by atoms with Crippen molar-refractivity contribution in [3.8, 4) is 0 Å². The molecule has 2 aromatic carbocycles. The SMILES string of the molecule is CC(C)N1CCN(S(=O)(=O)C(C)c2ccc3c(c2)Cc2ccccc2S3)CC1. The molecule has 6 heteroatoms. The normalized spacial score (nSPS) is 19.3. The molecule has 1 atom stereocenters. The molecule has 0 N–H and O–H groups in total. The van der Waals surface area contributed by atoms with Crippen molar-refractivity contribution < 1.29 is 8.42 Å². The first kappa shape index (κ1) is 20.0. The zero-order valence-electron chi connectivity index (χ0n) is 16.8.